The van der Waals surface area contributed by atoms with Gasteiger partial charge >= 0.3 is 0 Å². The van der Waals surface area contributed by atoms with Gasteiger partial charge < -0.3 is 5.32 Å². The van der Waals surface area contributed by atoms with Crippen LogP contribution in [0.3, 0.4) is 0 Å². The number of rotatable bonds is 3. The maximum absolute atomic E-state index is 12.1. The molecule has 82 valence electrons. The van der Waals surface area contributed by atoms with Crippen molar-refractivity contribution < 1.29 is 4.79 Å². The first kappa shape index (κ1) is 10.8. The summed E-state index contributed by atoms with van der Waals surface area (Å²) in [4.78, 5) is 16.4. The summed E-state index contributed by atoms with van der Waals surface area (Å²) in [7, 11) is 0. The molecule has 2 rings (SSSR count). The van der Waals surface area contributed by atoms with E-state index in [4.69, 9.17) is 0 Å². The Hall–Kier alpha value is -0.740. The van der Waals surface area contributed by atoms with Crippen LogP contribution in [-0.2, 0) is 11.2 Å². The molecule has 1 saturated heterocycles. The average molecular weight is 224 g/mol. The number of hydrogen-bond acceptors (Lipinski definition) is 4. The number of nitrogens with zero attached hydrogens (tertiary/aromatic N) is 1. The molecule has 0 aromatic carbocycles. The summed E-state index contributed by atoms with van der Waals surface area (Å²) in [5.74, 6) is 0.317. The lowest BCUT2D eigenvalue weighted by atomic mass is 9.83. The summed E-state index contributed by atoms with van der Waals surface area (Å²) >= 11 is 1.61. The summed E-state index contributed by atoms with van der Waals surface area (Å²) in [5.41, 5.74) is 0.757. The Morgan fingerprint density at radius 1 is 1.73 bits per heavy atom. The Balaban J connectivity index is 2.03. The molecular formula is C11H16N2OS. The van der Waals surface area contributed by atoms with Gasteiger partial charge in [0.15, 0.2) is 0 Å². The van der Waals surface area contributed by atoms with Crippen molar-refractivity contribution in [2.24, 2.45) is 5.41 Å². The molecule has 15 heavy (non-hydrogen) atoms. The molecule has 0 radical (unpaired) electrons. The predicted octanol–water partition coefficient (Wildman–Crippen LogP) is 1.56. The van der Waals surface area contributed by atoms with Crippen molar-refractivity contribution in [2.75, 3.05) is 13.1 Å². The van der Waals surface area contributed by atoms with Gasteiger partial charge in [-0.05, 0) is 19.9 Å². The van der Waals surface area contributed by atoms with Crippen molar-refractivity contribution in [2.45, 2.75) is 26.7 Å². The lowest BCUT2D eigenvalue weighted by Gasteiger charge is -2.19. The fourth-order valence-electron chi connectivity index (χ4n) is 1.92. The van der Waals surface area contributed by atoms with Crippen LogP contribution in [0.1, 0.15) is 24.0 Å². The molecule has 0 saturated carbocycles. The molecule has 2 heterocycles. The Bertz CT molecular complexity index is 366. The number of nitrogens with one attached hydrogen (secondary N) is 1. The zero-order chi connectivity index (χ0) is 10.9. The molecule has 0 amide bonds. The van der Waals surface area contributed by atoms with Gasteiger partial charge in [0.1, 0.15) is 5.78 Å². The summed E-state index contributed by atoms with van der Waals surface area (Å²) in [6.07, 6.45) is 1.44. The van der Waals surface area contributed by atoms with Gasteiger partial charge in [-0.25, -0.2) is 4.98 Å². The second kappa shape index (κ2) is 4.02. The minimum atomic E-state index is -0.169. The summed E-state index contributed by atoms with van der Waals surface area (Å²) < 4.78 is 0. The number of Topliss-reactive ketones (excluding diaryl/α,β-unsaturated/α-hetero) is 1. The first-order chi connectivity index (χ1) is 7.10. The van der Waals surface area contributed by atoms with Gasteiger partial charge in [-0.15, -0.1) is 11.3 Å². The van der Waals surface area contributed by atoms with E-state index in [1.165, 1.54) is 0 Å². The molecule has 0 bridgehead atoms. The third-order valence-corrected chi connectivity index (χ3v) is 3.87. The van der Waals surface area contributed by atoms with Crippen LogP contribution in [0.4, 0.5) is 0 Å². The molecule has 3 nitrogen and oxygen atoms in total. The van der Waals surface area contributed by atoms with Crippen molar-refractivity contribution in [1.29, 1.82) is 0 Å². The van der Waals surface area contributed by atoms with Gasteiger partial charge in [0.05, 0.1) is 17.1 Å². The topological polar surface area (TPSA) is 42.0 Å². The monoisotopic (exact) mass is 224 g/mol. The quantitative estimate of drug-likeness (QED) is 0.847. The van der Waals surface area contributed by atoms with E-state index in [0.717, 1.165) is 30.2 Å². The van der Waals surface area contributed by atoms with Crippen LogP contribution in [0.25, 0.3) is 0 Å². The van der Waals surface area contributed by atoms with Gasteiger partial charge in [-0.1, -0.05) is 6.92 Å². The zero-order valence-corrected chi connectivity index (χ0v) is 9.99. The van der Waals surface area contributed by atoms with Crippen molar-refractivity contribution in [3.8, 4) is 0 Å². The molecule has 1 aliphatic rings. The third-order valence-electron chi connectivity index (χ3n) is 3.05. The Kier molecular flexibility index (Phi) is 2.89. The molecule has 0 aliphatic carbocycles. The van der Waals surface area contributed by atoms with Crippen molar-refractivity contribution in [3.63, 3.8) is 0 Å². The van der Waals surface area contributed by atoms with Gasteiger partial charge in [0, 0.05) is 17.3 Å². The molecule has 1 N–H and O–H groups in total. The summed E-state index contributed by atoms with van der Waals surface area (Å²) in [6, 6.07) is 0. The SMILES string of the molecule is Cc1nc(CC(=O)C2(C)CCNC2)cs1. The van der Waals surface area contributed by atoms with E-state index < -0.39 is 0 Å². The van der Waals surface area contributed by atoms with E-state index >= 15 is 0 Å². The van der Waals surface area contributed by atoms with Crippen LogP contribution in [0.5, 0.6) is 0 Å². The Morgan fingerprint density at radius 3 is 3.07 bits per heavy atom. The molecule has 1 atom stereocenters. The van der Waals surface area contributed by atoms with E-state index in [0.29, 0.717) is 12.2 Å². The van der Waals surface area contributed by atoms with Crippen molar-refractivity contribution in [1.82, 2.24) is 10.3 Å². The molecule has 0 spiro atoms. The summed E-state index contributed by atoms with van der Waals surface area (Å²) in [6.45, 7) is 5.79. The molecular weight excluding hydrogens is 208 g/mol. The second-order valence-corrected chi connectivity index (χ2v) is 5.51. The highest BCUT2D eigenvalue weighted by Gasteiger charge is 2.35. The second-order valence-electron chi connectivity index (χ2n) is 4.45. The highest BCUT2D eigenvalue weighted by atomic mass is 32.1. The minimum Gasteiger partial charge on any atom is -0.316 e. The first-order valence-corrected chi connectivity index (χ1v) is 6.13. The number of hydrogen-bond donors (Lipinski definition) is 1. The van der Waals surface area contributed by atoms with Crippen LogP contribution >= 0.6 is 11.3 Å². The van der Waals surface area contributed by atoms with E-state index in [2.05, 4.69) is 17.2 Å². The average Bonchev–Trinajstić information content (AvgIpc) is 2.76. The highest BCUT2D eigenvalue weighted by molar-refractivity contribution is 7.09. The largest absolute Gasteiger partial charge is 0.316 e. The molecule has 1 aliphatic heterocycles. The van der Waals surface area contributed by atoms with Crippen molar-refractivity contribution >= 4 is 17.1 Å². The van der Waals surface area contributed by atoms with E-state index in [1.54, 1.807) is 11.3 Å². The molecule has 1 aromatic heterocycles. The normalized spacial score (nSPS) is 25.7. The van der Waals surface area contributed by atoms with Gasteiger partial charge in [-0.3, -0.25) is 4.79 Å². The number of aromatic nitrogens is 1. The van der Waals surface area contributed by atoms with Crippen LogP contribution in [-0.4, -0.2) is 23.9 Å². The fourth-order valence-corrected chi connectivity index (χ4v) is 2.53. The van der Waals surface area contributed by atoms with E-state index in [9.17, 15) is 4.79 Å². The Labute approximate surface area is 93.9 Å². The predicted molar refractivity (Wildman–Crippen MR) is 61.2 cm³/mol. The molecule has 1 unspecified atom stereocenters. The maximum atomic E-state index is 12.1. The standard InChI is InChI=1S/C11H16N2OS/c1-8-13-9(6-15-8)5-10(14)11(2)3-4-12-7-11/h6,12H,3-5,7H2,1-2H3. The smallest absolute Gasteiger partial charge is 0.146 e. The van der Waals surface area contributed by atoms with Gasteiger partial charge in [-0.2, -0.15) is 0 Å². The van der Waals surface area contributed by atoms with E-state index in [1.807, 2.05) is 12.3 Å². The molecule has 4 heteroatoms. The third kappa shape index (κ3) is 2.26. The number of thiazole rings is 1. The highest BCUT2D eigenvalue weighted by Crippen LogP contribution is 2.27. The number of carbonyl (C=O) groups is 1. The Morgan fingerprint density at radius 2 is 2.53 bits per heavy atom. The lowest BCUT2D eigenvalue weighted by Crippen LogP contribution is -2.31. The fraction of sp³-hybridized carbons (Fsp3) is 0.636. The van der Waals surface area contributed by atoms with Gasteiger partial charge in [0.2, 0.25) is 0 Å². The summed E-state index contributed by atoms with van der Waals surface area (Å²) in [5, 5.41) is 6.27. The molecule has 1 aromatic rings. The number of aryl methyl sites for hydroxylation is 1. The lowest BCUT2D eigenvalue weighted by molar-refractivity contribution is -0.126. The number of carbonyl (C=O) groups excluding carboxylic acids is 1. The minimum absolute atomic E-state index is 0.169. The van der Waals surface area contributed by atoms with Crippen LogP contribution in [0, 0.1) is 12.3 Å². The molecule has 1 fully saturated rings. The van der Waals surface area contributed by atoms with E-state index in [-0.39, 0.29) is 5.41 Å². The number of ketones is 1. The van der Waals surface area contributed by atoms with Crippen LogP contribution in [0.2, 0.25) is 0 Å². The zero-order valence-electron chi connectivity index (χ0n) is 9.17. The van der Waals surface area contributed by atoms with Crippen LogP contribution < -0.4 is 5.32 Å². The van der Waals surface area contributed by atoms with Crippen molar-refractivity contribution in [3.05, 3.63) is 16.1 Å². The first-order valence-electron chi connectivity index (χ1n) is 5.25. The van der Waals surface area contributed by atoms with Gasteiger partial charge in [0.25, 0.3) is 0 Å². The van der Waals surface area contributed by atoms with Crippen LogP contribution in [0.15, 0.2) is 5.38 Å². The maximum Gasteiger partial charge on any atom is 0.146 e.